The number of likely N-dealkylation sites (tertiary alicyclic amines) is 1. The molecule has 2 aliphatic heterocycles. The topological polar surface area (TPSA) is 51.2 Å². The van der Waals surface area contributed by atoms with Crippen molar-refractivity contribution in [2.45, 2.75) is 71.4 Å². The molecule has 2 aromatic carbocycles. The van der Waals surface area contributed by atoms with E-state index in [1.807, 2.05) is 43.0 Å². The lowest BCUT2D eigenvalue weighted by Crippen LogP contribution is -2.55. The minimum absolute atomic E-state index is 0.0877. The normalized spacial score (nSPS) is 19.2. The van der Waals surface area contributed by atoms with Crippen LogP contribution in [-0.2, 0) is 27.2 Å². The van der Waals surface area contributed by atoms with Gasteiger partial charge in [0.25, 0.3) is 0 Å². The van der Waals surface area contributed by atoms with Crippen LogP contribution in [0.1, 0.15) is 51.7 Å². The molecule has 202 valence electrons. The van der Waals surface area contributed by atoms with Gasteiger partial charge in [-0.2, -0.15) is 0 Å². The van der Waals surface area contributed by atoms with E-state index in [-0.39, 0.29) is 23.8 Å². The van der Waals surface area contributed by atoms with Crippen molar-refractivity contribution in [1.82, 2.24) is 9.80 Å². The van der Waals surface area contributed by atoms with Crippen LogP contribution in [0.25, 0.3) is 0 Å². The largest absolute Gasteiger partial charge is 0.493 e. The number of rotatable bonds is 9. The number of carbonyl (C=O) groups excluding carboxylic acids is 1. The third kappa shape index (κ3) is 8.00. The second-order valence-corrected chi connectivity index (χ2v) is 11.1. The van der Waals surface area contributed by atoms with Crippen LogP contribution >= 0.6 is 0 Å². The molecule has 2 saturated heterocycles. The summed E-state index contributed by atoms with van der Waals surface area (Å²) in [5.41, 5.74) is 1.90. The number of carbonyl (C=O) groups is 1. The van der Waals surface area contributed by atoms with Gasteiger partial charge in [-0.3, -0.25) is 9.69 Å². The van der Waals surface area contributed by atoms with E-state index in [0.717, 1.165) is 42.8 Å². The van der Waals surface area contributed by atoms with Crippen LogP contribution < -0.4 is 4.74 Å². The third-order valence-electron chi connectivity index (χ3n) is 7.15. The number of hydrogen-bond donors (Lipinski definition) is 0. The Morgan fingerprint density at radius 3 is 2.22 bits per heavy atom. The van der Waals surface area contributed by atoms with Gasteiger partial charge < -0.3 is 19.1 Å². The maximum Gasteiger partial charge on any atom is 0.227 e. The number of piperidine rings is 1. The molecule has 0 bridgehead atoms. The van der Waals surface area contributed by atoms with Gasteiger partial charge >= 0.3 is 0 Å². The SMILES string of the molecule is CC(C)COc1ccc(CC(=O)N(Cc2ccc(F)cc2)C2CCN(C3COC(C)(C)OC3)CC2)cc1. The molecular formula is C30H41FN2O4. The van der Waals surface area contributed by atoms with Crippen LogP contribution in [0.4, 0.5) is 4.39 Å². The molecule has 2 aromatic rings. The van der Waals surface area contributed by atoms with Gasteiger partial charge in [0.05, 0.1) is 32.3 Å². The first-order valence-electron chi connectivity index (χ1n) is 13.5. The predicted octanol–water partition coefficient (Wildman–Crippen LogP) is 5.05. The summed E-state index contributed by atoms with van der Waals surface area (Å²) in [6.07, 6.45) is 2.09. The fourth-order valence-corrected chi connectivity index (χ4v) is 4.91. The number of halogens is 1. The summed E-state index contributed by atoms with van der Waals surface area (Å²) in [5, 5.41) is 0. The molecule has 2 aliphatic rings. The molecule has 0 unspecified atom stereocenters. The standard InChI is InChI=1S/C30H41FN2O4/c1-22(2)19-35-28-11-7-23(8-12-28)17-29(34)33(18-24-5-9-25(31)10-6-24)26-13-15-32(16-14-26)27-20-36-30(3,4)37-21-27/h5-12,22,26-27H,13-21H2,1-4H3. The lowest BCUT2D eigenvalue weighted by atomic mass is 9.99. The van der Waals surface area contributed by atoms with Gasteiger partial charge in [-0.05, 0) is 68.0 Å². The quantitative estimate of drug-likeness (QED) is 0.471. The van der Waals surface area contributed by atoms with E-state index in [0.29, 0.717) is 38.7 Å². The van der Waals surface area contributed by atoms with Crippen molar-refractivity contribution in [3.8, 4) is 5.75 Å². The van der Waals surface area contributed by atoms with Crippen molar-refractivity contribution in [1.29, 1.82) is 0 Å². The number of amides is 1. The minimum Gasteiger partial charge on any atom is -0.493 e. The Morgan fingerprint density at radius 2 is 1.62 bits per heavy atom. The lowest BCUT2D eigenvalue weighted by Gasteiger charge is -2.44. The Balaban J connectivity index is 1.40. The first-order valence-corrected chi connectivity index (χ1v) is 13.5. The summed E-state index contributed by atoms with van der Waals surface area (Å²) in [4.78, 5) is 18.0. The summed E-state index contributed by atoms with van der Waals surface area (Å²) >= 11 is 0. The monoisotopic (exact) mass is 512 g/mol. The number of nitrogens with zero attached hydrogens (tertiary/aromatic N) is 2. The Kier molecular flexibility index (Phi) is 9.22. The summed E-state index contributed by atoms with van der Waals surface area (Å²) in [7, 11) is 0. The van der Waals surface area contributed by atoms with Crippen LogP contribution in [0, 0.1) is 11.7 Å². The fraction of sp³-hybridized carbons (Fsp3) is 0.567. The molecular weight excluding hydrogens is 471 g/mol. The van der Waals surface area contributed by atoms with Crippen molar-refractivity contribution in [2.24, 2.45) is 5.92 Å². The molecule has 0 atom stereocenters. The average Bonchev–Trinajstić information content (AvgIpc) is 2.88. The van der Waals surface area contributed by atoms with Crippen LogP contribution in [0.15, 0.2) is 48.5 Å². The Labute approximate surface area is 220 Å². The molecule has 0 aliphatic carbocycles. The third-order valence-corrected chi connectivity index (χ3v) is 7.15. The van der Waals surface area contributed by atoms with E-state index in [9.17, 15) is 9.18 Å². The molecule has 1 amide bonds. The lowest BCUT2D eigenvalue weighted by molar-refractivity contribution is -0.264. The summed E-state index contributed by atoms with van der Waals surface area (Å²) in [6.45, 7) is 12.4. The number of hydrogen-bond acceptors (Lipinski definition) is 5. The highest BCUT2D eigenvalue weighted by atomic mass is 19.1. The van der Waals surface area contributed by atoms with Crippen molar-refractivity contribution in [3.05, 3.63) is 65.5 Å². The Morgan fingerprint density at radius 1 is 1.03 bits per heavy atom. The fourth-order valence-electron chi connectivity index (χ4n) is 4.91. The average molecular weight is 513 g/mol. The van der Waals surface area contributed by atoms with Crippen LogP contribution in [0.3, 0.4) is 0 Å². The Bertz CT molecular complexity index is 991. The highest BCUT2D eigenvalue weighted by Crippen LogP contribution is 2.26. The van der Waals surface area contributed by atoms with Gasteiger partial charge in [0.2, 0.25) is 5.91 Å². The van der Waals surface area contributed by atoms with Gasteiger partial charge in [0.1, 0.15) is 11.6 Å². The molecule has 0 aromatic heterocycles. The van der Waals surface area contributed by atoms with Crippen molar-refractivity contribution >= 4 is 5.91 Å². The zero-order chi connectivity index (χ0) is 26.4. The zero-order valence-corrected chi connectivity index (χ0v) is 22.6. The van der Waals surface area contributed by atoms with Gasteiger partial charge in [0.15, 0.2) is 5.79 Å². The molecule has 37 heavy (non-hydrogen) atoms. The summed E-state index contributed by atoms with van der Waals surface area (Å²) < 4.78 is 31.0. The van der Waals surface area contributed by atoms with E-state index in [4.69, 9.17) is 14.2 Å². The molecule has 4 rings (SSSR count). The second kappa shape index (κ2) is 12.4. The van der Waals surface area contributed by atoms with Gasteiger partial charge in [-0.25, -0.2) is 4.39 Å². The zero-order valence-electron chi connectivity index (χ0n) is 22.6. The van der Waals surface area contributed by atoms with Crippen molar-refractivity contribution in [2.75, 3.05) is 32.9 Å². The summed E-state index contributed by atoms with van der Waals surface area (Å²) in [5.74, 6) is 0.572. The van der Waals surface area contributed by atoms with Crippen molar-refractivity contribution in [3.63, 3.8) is 0 Å². The Hall–Kier alpha value is -2.48. The molecule has 0 spiro atoms. The highest BCUT2D eigenvalue weighted by molar-refractivity contribution is 5.79. The van der Waals surface area contributed by atoms with Crippen LogP contribution in [0.2, 0.25) is 0 Å². The number of ether oxygens (including phenoxy) is 3. The van der Waals surface area contributed by atoms with E-state index < -0.39 is 5.79 Å². The van der Waals surface area contributed by atoms with Gasteiger partial charge in [0, 0.05) is 25.7 Å². The van der Waals surface area contributed by atoms with Crippen molar-refractivity contribution < 1.29 is 23.4 Å². The van der Waals surface area contributed by atoms with Gasteiger partial charge in [-0.1, -0.05) is 38.1 Å². The molecule has 0 saturated carbocycles. The molecule has 0 N–H and O–H groups in total. The van der Waals surface area contributed by atoms with Crippen LogP contribution in [0.5, 0.6) is 5.75 Å². The van der Waals surface area contributed by atoms with E-state index in [1.54, 1.807) is 12.1 Å². The number of benzene rings is 2. The molecule has 0 radical (unpaired) electrons. The first-order chi connectivity index (χ1) is 17.7. The minimum atomic E-state index is -0.522. The first kappa shape index (κ1) is 27.6. The predicted molar refractivity (Wildman–Crippen MR) is 142 cm³/mol. The maximum atomic E-state index is 13.6. The van der Waals surface area contributed by atoms with Gasteiger partial charge in [-0.15, -0.1) is 0 Å². The molecule has 2 fully saturated rings. The second-order valence-electron chi connectivity index (χ2n) is 11.1. The molecule has 2 heterocycles. The smallest absolute Gasteiger partial charge is 0.227 e. The van der Waals surface area contributed by atoms with E-state index in [1.165, 1.54) is 12.1 Å². The van der Waals surface area contributed by atoms with Crippen LogP contribution in [-0.4, -0.2) is 66.5 Å². The van der Waals surface area contributed by atoms with E-state index in [2.05, 4.69) is 18.7 Å². The molecule has 7 heteroatoms. The van der Waals surface area contributed by atoms with E-state index >= 15 is 0 Å². The summed E-state index contributed by atoms with van der Waals surface area (Å²) in [6, 6.07) is 14.6. The highest BCUT2D eigenvalue weighted by Gasteiger charge is 2.35. The maximum absolute atomic E-state index is 13.6. The molecule has 6 nitrogen and oxygen atoms in total.